The number of hydrogen-bond acceptors (Lipinski definition) is 1. The Hall–Kier alpha value is -8.72. The third-order valence-electron chi connectivity index (χ3n) is 13.5. The van der Waals surface area contributed by atoms with Crippen molar-refractivity contribution in [2.75, 3.05) is 4.90 Å². The van der Waals surface area contributed by atoms with Gasteiger partial charge in [0.15, 0.2) is 0 Å². The Morgan fingerprint density at radius 1 is 0.258 bits per heavy atom. The van der Waals surface area contributed by atoms with E-state index in [1.54, 1.807) is 0 Å². The molecule has 0 aliphatic rings. The molecular weight excluding hydrogens is 797 g/mol. The van der Waals surface area contributed by atoms with Crippen LogP contribution in [-0.4, -0.2) is 4.57 Å². The molecule has 1 heterocycles. The van der Waals surface area contributed by atoms with E-state index < -0.39 is 0 Å². The van der Waals surface area contributed by atoms with Crippen LogP contribution in [0.4, 0.5) is 17.1 Å². The van der Waals surface area contributed by atoms with Gasteiger partial charge < -0.3 is 9.47 Å². The summed E-state index contributed by atoms with van der Waals surface area (Å²) >= 11 is 0. The number of para-hydroxylation sites is 3. The van der Waals surface area contributed by atoms with Gasteiger partial charge in [-0.1, -0.05) is 206 Å². The molecule has 0 radical (unpaired) electrons. The molecule has 2 heteroatoms. The molecule has 0 bridgehead atoms. The lowest BCUT2D eigenvalue weighted by molar-refractivity contribution is 1.18. The van der Waals surface area contributed by atoms with Crippen molar-refractivity contribution in [3.8, 4) is 39.1 Å². The Labute approximate surface area is 383 Å². The highest BCUT2D eigenvalue weighted by molar-refractivity contribution is 6.21. The summed E-state index contributed by atoms with van der Waals surface area (Å²) in [7, 11) is 0. The Balaban J connectivity index is 1.05. The maximum absolute atomic E-state index is 2.51. The van der Waals surface area contributed by atoms with Crippen LogP contribution in [-0.2, 0) is 0 Å². The second kappa shape index (κ2) is 15.5. The minimum Gasteiger partial charge on any atom is -0.309 e. The smallest absolute Gasteiger partial charge is 0.0547 e. The maximum Gasteiger partial charge on any atom is 0.0547 e. The number of aromatic nitrogens is 1. The monoisotopic (exact) mass is 838 g/mol. The highest BCUT2D eigenvalue weighted by Crippen LogP contribution is 2.49. The van der Waals surface area contributed by atoms with E-state index in [0.717, 1.165) is 39.4 Å². The lowest BCUT2D eigenvalue weighted by Gasteiger charge is -2.31. The Morgan fingerprint density at radius 2 is 0.818 bits per heavy atom. The second-order valence-corrected chi connectivity index (χ2v) is 17.2. The molecule has 13 aromatic rings. The summed E-state index contributed by atoms with van der Waals surface area (Å²) in [5.74, 6) is 0. The topological polar surface area (TPSA) is 8.17 Å². The van der Waals surface area contributed by atoms with E-state index in [2.05, 4.69) is 264 Å². The standard InChI is InChI=1S/C64H42N2/c1-2-20-46-41-48(36-35-43(46)17-1)51-38-40-62(57-28-8-7-27-54(51)57)66(60-33-13-10-29-56(60)55-31-16-21-44-18-3-5-24-50(44)55)59-32-12-9-25-52(59)47-22-15-23-49(42-47)65-61-34-14-11-30-58(61)64-53-26-6-4-19-45(53)37-39-63(64)65/h1-42H. The van der Waals surface area contributed by atoms with Gasteiger partial charge >= 0.3 is 0 Å². The van der Waals surface area contributed by atoms with Gasteiger partial charge in [0.2, 0.25) is 0 Å². The van der Waals surface area contributed by atoms with E-state index in [4.69, 9.17) is 0 Å². The predicted octanol–water partition coefficient (Wildman–Crippen LogP) is 17.9. The van der Waals surface area contributed by atoms with E-state index in [-0.39, 0.29) is 0 Å². The molecule has 1 aromatic heterocycles. The van der Waals surface area contributed by atoms with Crippen LogP contribution in [0.15, 0.2) is 255 Å². The van der Waals surface area contributed by atoms with E-state index >= 15 is 0 Å². The van der Waals surface area contributed by atoms with Crippen molar-refractivity contribution < 1.29 is 0 Å². The zero-order chi connectivity index (χ0) is 43.6. The van der Waals surface area contributed by atoms with Crippen molar-refractivity contribution in [2.45, 2.75) is 0 Å². The van der Waals surface area contributed by atoms with Crippen LogP contribution in [0.3, 0.4) is 0 Å². The Morgan fingerprint density at radius 3 is 1.65 bits per heavy atom. The van der Waals surface area contributed by atoms with Gasteiger partial charge in [-0.05, 0) is 108 Å². The van der Waals surface area contributed by atoms with Crippen molar-refractivity contribution in [2.24, 2.45) is 0 Å². The first kappa shape index (κ1) is 37.8. The third kappa shape index (κ3) is 6.11. The van der Waals surface area contributed by atoms with E-state index in [9.17, 15) is 0 Å². The van der Waals surface area contributed by atoms with Crippen molar-refractivity contribution in [1.29, 1.82) is 0 Å². The number of benzene rings is 12. The van der Waals surface area contributed by atoms with Gasteiger partial charge in [0.05, 0.1) is 28.1 Å². The summed E-state index contributed by atoms with van der Waals surface area (Å²) in [6.45, 7) is 0. The molecule has 2 nitrogen and oxygen atoms in total. The van der Waals surface area contributed by atoms with Crippen LogP contribution in [0.1, 0.15) is 0 Å². The molecular formula is C64H42N2. The molecule has 66 heavy (non-hydrogen) atoms. The van der Waals surface area contributed by atoms with Crippen LogP contribution in [0.5, 0.6) is 0 Å². The van der Waals surface area contributed by atoms with Crippen LogP contribution < -0.4 is 4.90 Å². The average molecular weight is 839 g/mol. The summed E-state index contributed by atoms with van der Waals surface area (Å²) < 4.78 is 2.44. The molecule has 0 amide bonds. The molecule has 0 N–H and O–H groups in total. The van der Waals surface area contributed by atoms with Crippen molar-refractivity contribution in [3.63, 3.8) is 0 Å². The lowest BCUT2D eigenvalue weighted by Crippen LogP contribution is -2.13. The molecule has 0 aliphatic carbocycles. The van der Waals surface area contributed by atoms with Crippen LogP contribution >= 0.6 is 0 Å². The largest absolute Gasteiger partial charge is 0.309 e. The first-order chi connectivity index (χ1) is 32.8. The molecule has 0 saturated carbocycles. The number of fused-ring (bicyclic) bond motifs is 8. The summed E-state index contributed by atoms with van der Waals surface area (Å²) in [6, 6.07) is 93.5. The molecule has 0 atom stereocenters. The third-order valence-corrected chi connectivity index (χ3v) is 13.5. The van der Waals surface area contributed by atoms with Gasteiger partial charge in [-0.3, -0.25) is 0 Å². The summed E-state index contributed by atoms with van der Waals surface area (Å²) in [4.78, 5) is 2.51. The molecule has 13 rings (SSSR count). The van der Waals surface area contributed by atoms with Gasteiger partial charge in [0.1, 0.15) is 0 Å². The molecule has 308 valence electrons. The van der Waals surface area contributed by atoms with E-state index in [0.29, 0.717) is 0 Å². The highest BCUT2D eigenvalue weighted by Gasteiger charge is 2.24. The fourth-order valence-corrected chi connectivity index (χ4v) is 10.6. The molecule has 0 unspecified atom stereocenters. The minimum absolute atomic E-state index is 1.10. The Kier molecular flexibility index (Phi) is 8.89. The summed E-state index contributed by atoms with van der Waals surface area (Å²) in [6.07, 6.45) is 0. The predicted molar refractivity (Wildman–Crippen MR) is 282 cm³/mol. The van der Waals surface area contributed by atoms with Crippen molar-refractivity contribution >= 4 is 82.0 Å². The van der Waals surface area contributed by atoms with E-state index in [1.165, 1.54) is 81.6 Å². The molecule has 0 aliphatic heterocycles. The number of anilines is 3. The summed E-state index contributed by atoms with van der Waals surface area (Å²) in [5.41, 5.74) is 13.9. The van der Waals surface area contributed by atoms with Crippen LogP contribution in [0.2, 0.25) is 0 Å². The van der Waals surface area contributed by atoms with Crippen molar-refractivity contribution in [1.82, 2.24) is 4.57 Å². The molecule has 0 saturated heterocycles. The SMILES string of the molecule is c1cc(-c2ccccc2N(c2ccccc2-c2cccc3ccccc23)c2ccc(-c3ccc4ccccc4c3)c3ccccc23)cc(-n2c3ccccc3c3c4ccccc4ccc32)c1. The summed E-state index contributed by atoms with van der Waals surface area (Å²) in [5, 5.41) is 12.4. The zero-order valence-corrected chi connectivity index (χ0v) is 36.1. The van der Waals surface area contributed by atoms with Gasteiger partial charge in [0, 0.05) is 33.0 Å². The van der Waals surface area contributed by atoms with Crippen LogP contribution in [0.25, 0.3) is 104 Å². The van der Waals surface area contributed by atoms with E-state index in [1.807, 2.05) is 0 Å². The quantitative estimate of drug-likeness (QED) is 0.155. The molecule has 0 fully saturated rings. The lowest BCUT2D eigenvalue weighted by atomic mass is 9.93. The normalized spacial score (nSPS) is 11.6. The first-order valence-corrected chi connectivity index (χ1v) is 22.8. The van der Waals surface area contributed by atoms with Crippen molar-refractivity contribution in [3.05, 3.63) is 255 Å². The maximum atomic E-state index is 2.51. The minimum atomic E-state index is 1.10. The van der Waals surface area contributed by atoms with Gasteiger partial charge in [-0.15, -0.1) is 0 Å². The zero-order valence-electron chi connectivity index (χ0n) is 36.1. The first-order valence-electron chi connectivity index (χ1n) is 22.8. The van der Waals surface area contributed by atoms with Gasteiger partial charge in [0.25, 0.3) is 0 Å². The van der Waals surface area contributed by atoms with Gasteiger partial charge in [-0.25, -0.2) is 0 Å². The molecule has 12 aromatic carbocycles. The van der Waals surface area contributed by atoms with Crippen LogP contribution in [0, 0.1) is 0 Å². The number of nitrogens with zero attached hydrogens (tertiary/aromatic N) is 2. The highest BCUT2D eigenvalue weighted by atomic mass is 15.1. The molecule has 0 spiro atoms. The fraction of sp³-hybridized carbons (Fsp3) is 0. The Bertz CT molecular complexity index is 4020. The number of hydrogen-bond donors (Lipinski definition) is 0. The number of rotatable bonds is 7. The fourth-order valence-electron chi connectivity index (χ4n) is 10.6. The average Bonchev–Trinajstić information content (AvgIpc) is 3.74. The van der Waals surface area contributed by atoms with Gasteiger partial charge in [-0.2, -0.15) is 0 Å². The second-order valence-electron chi connectivity index (χ2n) is 17.2.